The molecule has 1 heterocycles. The Balaban J connectivity index is 2.05. The van der Waals surface area contributed by atoms with E-state index in [-0.39, 0.29) is 17.7 Å². The summed E-state index contributed by atoms with van der Waals surface area (Å²) >= 11 is 0. The summed E-state index contributed by atoms with van der Waals surface area (Å²) in [6.45, 7) is 7.25. The zero-order valence-electron chi connectivity index (χ0n) is 15.7. The van der Waals surface area contributed by atoms with Gasteiger partial charge in [0, 0.05) is 18.7 Å². The summed E-state index contributed by atoms with van der Waals surface area (Å²) in [5.41, 5.74) is 2.27. The molecule has 0 radical (unpaired) electrons. The van der Waals surface area contributed by atoms with Crippen LogP contribution in [0.1, 0.15) is 37.6 Å². The van der Waals surface area contributed by atoms with Gasteiger partial charge in [0.25, 0.3) is 5.91 Å². The van der Waals surface area contributed by atoms with Gasteiger partial charge >= 0.3 is 0 Å². The van der Waals surface area contributed by atoms with Crippen LogP contribution in [0.5, 0.6) is 0 Å². The second-order valence-electron chi connectivity index (χ2n) is 7.13. The van der Waals surface area contributed by atoms with Crippen LogP contribution in [0.2, 0.25) is 0 Å². The Morgan fingerprint density at radius 2 is 1.69 bits per heavy atom. The molecule has 0 N–H and O–H groups in total. The third-order valence-electron chi connectivity index (χ3n) is 5.06. The van der Waals surface area contributed by atoms with Crippen LogP contribution in [0.4, 0.5) is 11.4 Å². The van der Waals surface area contributed by atoms with E-state index in [9.17, 15) is 9.59 Å². The number of carbonyl (C=O) groups is 2. The van der Waals surface area contributed by atoms with Crippen LogP contribution in [0.3, 0.4) is 0 Å². The van der Waals surface area contributed by atoms with Gasteiger partial charge < -0.3 is 9.80 Å². The molecule has 3 rings (SSSR count). The third-order valence-corrected chi connectivity index (χ3v) is 5.06. The van der Waals surface area contributed by atoms with Crippen molar-refractivity contribution < 1.29 is 9.59 Å². The average Bonchev–Trinajstić information content (AvgIpc) is 2.78. The summed E-state index contributed by atoms with van der Waals surface area (Å²) in [6.07, 6.45) is 1.01. The van der Waals surface area contributed by atoms with Gasteiger partial charge in [0.05, 0.1) is 17.3 Å². The summed E-state index contributed by atoms with van der Waals surface area (Å²) < 4.78 is 0. The van der Waals surface area contributed by atoms with Crippen LogP contribution in [0, 0.1) is 11.8 Å². The molecule has 1 aliphatic rings. The normalized spacial score (nSPS) is 18.3. The molecule has 0 aromatic heterocycles. The summed E-state index contributed by atoms with van der Waals surface area (Å²) in [4.78, 5) is 29.8. The molecule has 0 saturated heterocycles. The molecule has 4 nitrogen and oxygen atoms in total. The number of rotatable bonds is 4. The first-order valence-corrected chi connectivity index (χ1v) is 9.30. The molecule has 2 aromatic rings. The van der Waals surface area contributed by atoms with Crippen molar-refractivity contribution in [3.05, 3.63) is 60.2 Å². The van der Waals surface area contributed by atoms with E-state index in [0.717, 1.165) is 17.8 Å². The van der Waals surface area contributed by atoms with Gasteiger partial charge in [-0.25, -0.2) is 0 Å². The lowest BCUT2D eigenvalue weighted by Gasteiger charge is -2.27. The molecular formula is C22H26N2O2. The Morgan fingerprint density at radius 3 is 2.35 bits per heavy atom. The van der Waals surface area contributed by atoms with Crippen molar-refractivity contribution in [2.45, 2.75) is 27.2 Å². The maximum absolute atomic E-state index is 13.1. The Morgan fingerprint density at radius 1 is 1.08 bits per heavy atom. The number of para-hydroxylation sites is 2. The van der Waals surface area contributed by atoms with Gasteiger partial charge in [-0.15, -0.1) is 0 Å². The first kappa shape index (κ1) is 18.2. The van der Waals surface area contributed by atoms with Crippen LogP contribution in [-0.4, -0.2) is 24.9 Å². The first-order valence-electron chi connectivity index (χ1n) is 9.30. The molecule has 136 valence electrons. The molecular weight excluding hydrogens is 324 g/mol. The first-order chi connectivity index (χ1) is 12.5. The molecule has 2 atom stereocenters. The van der Waals surface area contributed by atoms with Gasteiger partial charge in [0.15, 0.2) is 0 Å². The van der Waals surface area contributed by atoms with Gasteiger partial charge in [-0.2, -0.15) is 0 Å². The van der Waals surface area contributed by atoms with E-state index in [1.807, 2.05) is 66.4 Å². The minimum atomic E-state index is -0.251. The molecule has 2 unspecified atom stereocenters. The lowest BCUT2D eigenvalue weighted by molar-refractivity contribution is -0.121. The molecule has 0 bridgehead atoms. The molecule has 0 saturated carbocycles. The van der Waals surface area contributed by atoms with Crippen molar-refractivity contribution >= 4 is 23.2 Å². The SMILES string of the molecule is CCC(C)CN1C(=O)C(C)CN(C(=O)c2ccccc2)c2ccccc21. The second-order valence-corrected chi connectivity index (χ2v) is 7.13. The molecule has 4 heteroatoms. The highest BCUT2D eigenvalue weighted by molar-refractivity contribution is 6.11. The smallest absolute Gasteiger partial charge is 0.258 e. The maximum atomic E-state index is 13.1. The van der Waals surface area contributed by atoms with E-state index in [4.69, 9.17) is 0 Å². The fourth-order valence-electron chi connectivity index (χ4n) is 3.31. The molecule has 2 aromatic carbocycles. The average molecular weight is 350 g/mol. The number of nitrogens with zero attached hydrogens (tertiary/aromatic N) is 2. The summed E-state index contributed by atoms with van der Waals surface area (Å²) in [5.74, 6) is 0.166. The van der Waals surface area contributed by atoms with Crippen molar-refractivity contribution in [3.63, 3.8) is 0 Å². The maximum Gasteiger partial charge on any atom is 0.258 e. The number of amides is 2. The fourth-order valence-corrected chi connectivity index (χ4v) is 3.31. The highest BCUT2D eigenvalue weighted by atomic mass is 16.2. The predicted molar refractivity (Wildman–Crippen MR) is 106 cm³/mol. The van der Waals surface area contributed by atoms with Crippen LogP contribution in [0.15, 0.2) is 54.6 Å². The van der Waals surface area contributed by atoms with Gasteiger partial charge in [0.1, 0.15) is 0 Å². The van der Waals surface area contributed by atoms with E-state index in [1.165, 1.54) is 0 Å². The van der Waals surface area contributed by atoms with E-state index < -0.39 is 0 Å². The molecule has 2 amide bonds. The van der Waals surface area contributed by atoms with E-state index >= 15 is 0 Å². The van der Waals surface area contributed by atoms with E-state index in [2.05, 4.69) is 13.8 Å². The van der Waals surface area contributed by atoms with Crippen molar-refractivity contribution in [1.29, 1.82) is 0 Å². The van der Waals surface area contributed by atoms with Gasteiger partial charge in [-0.3, -0.25) is 9.59 Å². The highest BCUT2D eigenvalue weighted by Crippen LogP contribution is 2.35. The number of carbonyl (C=O) groups excluding carboxylic acids is 2. The van der Waals surface area contributed by atoms with Crippen molar-refractivity contribution in [3.8, 4) is 0 Å². The van der Waals surface area contributed by atoms with E-state index in [0.29, 0.717) is 24.6 Å². The molecule has 1 aliphatic heterocycles. The molecule has 0 aliphatic carbocycles. The van der Waals surface area contributed by atoms with Gasteiger partial charge in [-0.1, -0.05) is 57.5 Å². The van der Waals surface area contributed by atoms with Crippen LogP contribution >= 0.6 is 0 Å². The van der Waals surface area contributed by atoms with Crippen molar-refractivity contribution in [2.75, 3.05) is 22.9 Å². The Labute approximate surface area is 155 Å². The minimum Gasteiger partial charge on any atom is -0.310 e. The number of hydrogen-bond donors (Lipinski definition) is 0. The Bertz CT molecular complexity index is 788. The predicted octanol–water partition coefficient (Wildman–Crippen LogP) is 4.36. The fraction of sp³-hybridized carbons (Fsp3) is 0.364. The third kappa shape index (κ3) is 3.50. The van der Waals surface area contributed by atoms with Crippen LogP contribution in [-0.2, 0) is 4.79 Å². The van der Waals surface area contributed by atoms with Gasteiger partial charge in [0.2, 0.25) is 5.91 Å². The van der Waals surface area contributed by atoms with Crippen LogP contribution < -0.4 is 9.80 Å². The zero-order valence-corrected chi connectivity index (χ0v) is 15.7. The lowest BCUT2D eigenvalue weighted by Crippen LogP contribution is -2.39. The number of hydrogen-bond acceptors (Lipinski definition) is 2. The monoisotopic (exact) mass is 350 g/mol. The number of fused-ring (bicyclic) bond motifs is 1. The largest absolute Gasteiger partial charge is 0.310 e. The zero-order chi connectivity index (χ0) is 18.7. The van der Waals surface area contributed by atoms with Gasteiger partial charge in [-0.05, 0) is 30.2 Å². The minimum absolute atomic E-state index is 0.0666. The lowest BCUT2D eigenvalue weighted by atomic mass is 10.1. The Hall–Kier alpha value is -2.62. The van der Waals surface area contributed by atoms with E-state index in [1.54, 1.807) is 4.90 Å². The number of benzene rings is 2. The molecule has 26 heavy (non-hydrogen) atoms. The quantitative estimate of drug-likeness (QED) is 0.822. The van der Waals surface area contributed by atoms with Crippen molar-refractivity contribution in [1.82, 2.24) is 0 Å². The highest BCUT2D eigenvalue weighted by Gasteiger charge is 2.34. The summed E-state index contributed by atoms with van der Waals surface area (Å²) in [7, 11) is 0. The van der Waals surface area contributed by atoms with Crippen LogP contribution in [0.25, 0.3) is 0 Å². The number of anilines is 2. The summed E-state index contributed by atoms with van der Waals surface area (Å²) in [5, 5.41) is 0. The standard InChI is InChI=1S/C22H26N2O2/c1-4-16(2)14-23-19-12-8-9-13-20(19)24(15-17(3)21(23)25)22(26)18-10-6-5-7-11-18/h5-13,16-17H,4,14-15H2,1-3H3. The molecule has 0 fully saturated rings. The topological polar surface area (TPSA) is 40.6 Å². The molecule has 0 spiro atoms. The summed E-state index contributed by atoms with van der Waals surface area (Å²) in [6, 6.07) is 17.0. The van der Waals surface area contributed by atoms with Crippen molar-refractivity contribution in [2.24, 2.45) is 11.8 Å². The second kappa shape index (κ2) is 7.73. The Kier molecular flexibility index (Phi) is 5.40.